The maximum absolute atomic E-state index is 11.7. The van der Waals surface area contributed by atoms with Gasteiger partial charge in [0.1, 0.15) is 0 Å². The van der Waals surface area contributed by atoms with Gasteiger partial charge in [0.25, 0.3) is 0 Å². The molecule has 0 radical (unpaired) electrons. The molecule has 0 atom stereocenters. The lowest BCUT2D eigenvalue weighted by Gasteiger charge is -2.06. The molecule has 0 saturated heterocycles. The average Bonchev–Trinajstić information content (AvgIpc) is 2.28. The van der Waals surface area contributed by atoms with E-state index in [0.29, 0.717) is 11.4 Å². The van der Waals surface area contributed by atoms with Gasteiger partial charge in [0, 0.05) is 23.7 Å². The lowest BCUT2D eigenvalue weighted by Crippen LogP contribution is -2.01. The van der Waals surface area contributed by atoms with Crippen LogP contribution in [0.1, 0.15) is 5.69 Å². The molecular weight excluding hydrogens is 236 g/mol. The van der Waals surface area contributed by atoms with E-state index >= 15 is 0 Å². The van der Waals surface area contributed by atoms with Crippen molar-refractivity contribution in [2.75, 3.05) is 6.26 Å². The van der Waals surface area contributed by atoms with E-state index in [1.807, 2.05) is 6.92 Å². The molecule has 17 heavy (non-hydrogen) atoms. The molecule has 0 N–H and O–H groups in total. The van der Waals surface area contributed by atoms with E-state index in [9.17, 15) is 8.42 Å². The van der Waals surface area contributed by atoms with Crippen LogP contribution < -0.4 is 0 Å². The van der Waals surface area contributed by atoms with Crippen molar-refractivity contribution in [2.45, 2.75) is 11.8 Å². The van der Waals surface area contributed by atoms with Gasteiger partial charge in [0.2, 0.25) is 0 Å². The molecule has 4 nitrogen and oxygen atoms in total. The third-order valence-corrected chi connectivity index (χ3v) is 3.48. The first-order valence-corrected chi connectivity index (χ1v) is 6.97. The molecule has 0 spiro atoms. The summed E-state index contributed by atoms with van der Waals surface area (Å²) in [5.41, 5.74) is 1.34. The van der Waals surface area contributed by atoms with Crippen molar-refractivity contribution in [2.24, 2.45) is 0 Å². The number of nitrogens with zero attached hydrogens (tertiary/aromatic N) is 2. The number of hydrogen-bond acceptors (Lipinski definition) is 4. The van der Waals surface area contributed by atoms with Gasteiger partial charge < -0.3 is 0 Å². The van der Waals surface area contributed by atoms with Crippen molar-refractivity contribution in [3.8, 4) is 11.4 Å². The average molecular weight is 248 g/mol. The minimum atomic E-state index is -3.27. The van der Waals surface area contributed by atoms with Crippen molar-refractivity contribution in [3.63, 3.8) is 0 Å². The van der Waals surface area contributed by atoms with E-state index in [-0.39, 0.29) is 4.90 Å². The minimum Gasteiger partial charge on any atom is -0.237 e. The molecule has 1 aromatic heterocycles. The zero-order valence-electron chi connectivity index (χ0n) is 9.58. The van der Waals surface area contributed by atoms with Crippen LogP contribution in [0.25, 0.3) is 11.4 Å². The third-order valence-electron chi connectivity index (χ3n) is 2.32. The van der Waals surface area contributed by atoms with Gasteiger partial charge in [0.05, 0.1) is 4.90 Å². The minimum absolute atomic E-state index is 0.255. The number of aromatic nitrogens is 2. The van der Waals surface area contributed by atoms with Crippen molar-refractivity contribution in [1.29, 1.82) is 0 Å². The van der Waals surface area contributed by atoms with Crippen LogP contribution in [0.3, 0.4) is 0 Å². The zero-order valence-corrected chi connectivity index (χ0v) is 10.4. The highest BCUT2D eigenvalue weighted by Gasteiger charge is 2.15. The second-order valence-electron chi connectivity index (χ2n) is 3.79. The van der Waals surface area contributed by atoms with Gasteiger partial charge in [0.15, 0.2) is 15.7 Å². The number of benzene rings is 1. The summed E-state index contributed by atoms with van der Waals surface area (Å²) in [6.45, 7) is 1.84. The topological polar surface area (TPSA) is 59.9 Å². The van der Waals surface area contributed by atoms with E-state index in [1.165, 1.54) is 6.26 Å². The van der Waals surface area contributed by atoms with Crippen LogP contribution in [0.5, 0.6) is 0 Å². The highest BCUT2D eigenvalue weighted by molar-refractivity contribution is 7.90. The summed E-state index contributed by atoms with van der Waals surface area (Å²) in [6, 6.07) is 8.51. The molecular formula is C12H12N2O2S. The van der Waals surface area contributed by atoms with Crippen LogP contribution in [0.2, 0.25) is 0 Å². The predicted molar refractivity (Wildman–Crippen MR) is 65.3 cm³/mol. The second kappa shape index (κ2) is 4.25. The first-order valence-electron chi connectivity index (χ1n) is 5.07. The smallest absolute Gasteiger partial charge is 0.176 e. The summed E-state index contributed by atoms with van der Waals surface area (Å²) in [5, 5.41) is 0. The fourth-order valence-corrected chi connectivity index (χ4v) is 2.44. The van der Waals surface area contributed by atoms with Crippen molar-refractivity contribution in [1.82, 2.24) is 9.97 Å². The summed E-state index contributed by atoms with van der Waals surface area (Å²) in [5.74, 6) is 0.436. The fourth-order valence-electron chi connectivity index (χ4n) is 1.55. The molecule has 0 aliphatic carbocycles. The van der Waals surface area contributed by atoms with Crippen LogP contribution in [-0.4, -0.2) is 24.6 Å². The largest absolute Gasteiger partial charge is 0.237 e. The Bertz CT molecular complexity index is 651. The lowest BCUT2D eigenvalue weighted by molar-refractivity contribution is 0.602. The van der Waals surface area contributed by atoms with Crippen molar-refractivity contribution >= 4 is 9.84 Å². The van der Waals surface area contributed by atoms with Crippen molar-refractivity contribution < 1.29 is 8.42 Å². The van der Waals surface area contributed by atoms with E-state index in [4.69, 9.17) is 0 Å². The van der Waals surface area contributed by atoms with Crippen LogP contribution in [-0.2, 0) is 9.84 Å². The molecule has 5 heteroatoms. The highest BCUT2D eigenvalue weighted by atomic mass is 32.2. The number of aryl methyl sites for hydroxylation is 1. The first-order chi connectivity index (χ1) is 7.98. The molecule has 0 saturated carbocycles. The van der Waals surface area contributed by atoms with Gasteiger partial charge in [-0.2, -0.15) is 0 Å². The van der Waals surface area contributed by atoms with Crippen LogP contribution in [0.15, 0.2) is 41.4 Å². The first kappa shape index (κ1) is 11.7. The Labute approximate surface area is 100 Å². The molecule has 2 aromatic rings. The van der Waals surface area contributed by atoms with Gasteiger partial charge in [-0.15, -0.1) is 0 Å². The molecule has 0 amide bonds. The summed E-state index contributed by atoms with van der Waals surface area (Å²) < 4.78 is 23.3. The normalized spacial score (nSPS) is 11.4. The Morgan fingerprint density at radius 1 is 1.12 bits per heavy atom. The molecule has 1 aromatic carbocycles. The Kier molecular flexibility index (Phi) is 2.93. The quantitative estimate of drug-likeness (QED) is 0.813. The van der Waals surface area contributed by atoms with Crippen molar-refractivity contribution in [3.05, 3.63) is 42.2 Å². The van der Waals surface area contributed by atoms with Gasteiger partial charge in [-0.25, -0.2) is 18.4 Å². The van der Waals surface area contributed by atoms with Crippen LogP contribution in [0.4, 0.5) is 0 Å². The Hall–Kier alpha value is -1.75. The van der Waals surface area contributed by atoms with Gasteiger partial charge in [-0.1, -0.05) is 12.1 Å². The predicted octanol–water partition coefficient (Wildman–Crippen LogP) is 1.86. The van der Waals surface area contributed by atoms with E-state index in [2.05, 4.69) is 9.97 Å². The summed E-state index contributed by atoms with van der Waals surface area (Å²) in [7, 11) is -3.27. The lowest BCUT2D eigenvalue weighted by atomic mass is 10.2. The number of rotatable bonds is 2. The molecule has 2 rings (SSSR count). The summed E-state index contributed by atoms with van der Waals surface area (Å²) in [4.78, 5) is 8.61. The molecule has 0 unspecified atom stereocenters. The number of hydrogen-bond donors (Lipinski definition) is 0. The van der Waals surface area contributed by atoms with E-state index in [0.717, 1.165) is 5.69 Å². The van der Waals surface area contributed by atoms with Crippen LogP contribution >= 0.6 is 0 Å². The maximum Gasteiger partial charge on any atom is 0.176 e. The van der Waals surface area contributed by atoms with Gasteiger partial charge >= 0.3 is 0 Å². The fraction of sp³-hybridized carbons (Fsp3) is 0.167. The standard InChI is InChI=1S/C12H12N2O2S/c1-9-7-8-13-12(14-9)10-5-3-4-6-11(10)17(2,15)16/h3-8H,1-2H3. The summed E-state index contributed by atoms with van der Waals surface area (Å²) in [6.07, 6.45) is 2.80. The zero-order chi connectivity index (χ0) is 12.5. The number of sulfone groups is 1. The second-order valence-corrected chi connectivity index (χ2v) is 5.77. The van der Waals surface area contributed by atoms with E-state index < -0.39 is 9.84 Å². The SMILES string of the molecule is Cc1ccnc(-c2ccccc2S(C)(=O)=O)n1. The van der Waals surface area contributed by atoms with E-state index in [1.54, 1.807) is 36.5 Å². The monoisotopic (exact) mass is 248 g/mol. The molecule has 0 aliphatic rings. The van der Waals surface area contributed by atoms with Gasteiger partial charge in [-0.3, -0.25) is 0 Å². The molecule has 0 fully saturated rings. The summed E-state index contributed by atoms with van der Waals surface area (Å²) >= 11 is 0. The Morgan fingerprint density at radius 2 is 1.82 bits per heavy atom. The van der Waals surface area contributed by atoms with Crippen LogP contribution in [0, 0.1) is 6.92 Å². The molecule has 1 heterocycles. The molecule has 0 aliphatic heterocycles. The molecule has 0 bridgehead atoms. The Balaban J connectivity index is 2.69. The molecule has 88 valence electrons. The van der Waals surface area contributed by atoms with Gasteiger partial charge in [-0.05, 0) is 25.1 Å². The third kappa shape index (κ3) is 2.50. The Morgan fingerprint density at radius 3 is 2.47 bits per heavy atom. The maximum atomic E-state index is 11.7. The highest BCUT2D eigenvalue weighted by Crippen LogP contribution is 2.23.